The van der Waals surface area contributed by atoms with Crippen LogP contribution in [-0.2, 0) is 6.54 Å². The number of guanidine groups is 1. The number of rotatable bonds is 8. The molecule has 0 radical (unpaired) electrons. The molecule has 2 rings (SSSR count). The van der Waals surface area contributed by atoms with E-state index in [2.05, 4.69) is 90.2 Å². The van der Waals surface area contributed by atoms with Gasteiger partial charge in [-0.3, -0.25) is 4.99 Å². The van der Waals surface area contributed by atoms with Gasteiger partial charge in [0, 0.05) is 30.6 Å². The quantitative estimate of drug-likeness (QED) is 0.472. The van der Waals surface area contributed by atoms with Crippen LogP contribution in [0.1, 0.15) is 62.8 Å². The van der Waals surface area contributed by atoms with Gasteiger partial charge in [-0.15, -0.1) is 11.3 Å². The molecule has 1 heterocycles. The first-order valence-corrected chi connectivity index (χ1v) is 10.4. The largest absolute Gasteiger partial charge is 0.355 e. The maximum atomic E-state index is 4.66. The van der Waals surface area contributed by atoms with E-state index >= 15 is 0 Å². The molecule has 1 aromatic carbocycles. The molecule has 148 valence electrons. The van der Waals surface area contributed by atoms with Gasteiger partial charge >= 0.3 is 0 Å². The van der Waals surface area contributed by atoms with Crippen LogP contribution in [-0.4, -0.2) is 30.1 Å². The zero-order valence-electron chi connectivity index (χ0n) is 17.3. The first kappa shape index (κ1) is 21.4. The summed E-state index contributed by atoms with van der Waals surface area (Å²) in [7, 11) is 1.80. The standard InChI is InChI=1S/C21H33N5S/c1-15(2)18-13-27-19(25-18)12-23-20(22-6)24-14-21(4,5)26-16(3)17-10-8-7-9-11-17/h7-11,13,15-16,26H,12,14H2,1-6H3,(H2,22,23,24). The van der Waals surface area contributed by atoms with E-state index in [0.29, 0.717) is 12.5 Å². The Hall–Kier alpha value is -1.92. The Kier molecular flexibility index (Phi) is 7.80. The van der Waals surface area contributed by atoms with Crippen LogP contribution < -0.4 is 16.0 Å². The molecule has 0 aliphatic heterocycles. The predicted octanol–water partition coefficient (Wildman–Crippen LogP) is 4.06. The average molecular weight is 388 g/mol. The molecule has 2 aromatic rings. The molecule has 5 nitrogen and oxygen atoms in total. The van der Waals surface area contributed by atoms with Crippen LogP contribution in [0, 0.1) is 0 Å². The highest BCUT2D eigenvalue weighted by Gasteiger charge is 2.21. The van der Waals surface area contributed by atoms with Crippen LogP contribution in [0.2, 0.25) is 0 Å². The van der Waals surface area contributed by atoms with E-state index in [9.17, 15) is 0 Å². The van der Waals surface area contributed by atoms with Crippen LogP contribution in [0.25, 0.3) is 0 Å². The molecule has 0 saturated carbocycles. The molecule has 0 fully saturated rings. The van der Waals surface area contributed by atoms with Gasteiger partial charge in [-0.2, -0.15) is 0 Å². The molecule has 1 aromatic heterocycles. The van der Waals surface area contributed by atoms with E-state index in [0.717, 1.165) is 23.2 Å². The van der Waals surface area contributed by atoms with Crippen molar-refractivity contribution >= 4 is 17.3 Å². The SMILES string of the molecule is CN=C(NCc1nc(C(C)C)cs1)NCC(C)(C)NC(C)c1ccccc1. The van der Waals surface area contributed by atoms with Gasteiger partial charge in [0.25, 0.3) is 0 Å². The molecule has 0 saturated heterocycles. The highest BCUT2D eigenvalue weighted by atomic mass is 32.1. The van der Waals surface area contributed by atoms with Crippen molar-refractivity contribution in [3.05, 3.63) is 52.0 Å². The van der Waals surface area contributed by atoms with Crippen molar-refractivity contribution < 1.29 is 0 Å². The van der Waals surface area contributed by atoms with Crippen molar-refractivity contribution in [3.8, 4) is 0 Å². The van der Waals surface area contributed by atoms with E-state index < -0.39 is 0 Å². The molecule has 1 unspecified atom stereocenters. The lowest BCUT2D eigenvalue weighted by molar-refractivity contribution is 0.345. The normalized spacial score (nSPS) is 13.7. The monoisotopic (exact) mass is 387 g/mol. The number of thiazole rings is 1. The van der Waals surface area contributed by atoms with Gasteiger partial charge in [0.2, 0.25) is 0 Å². The molecular formula is C21H33N5S. The van der Waals surface area contributed by atoms with Gasteiger partial charge in [0.05, 0.1) is 12.2 Å². The second-order valence-electron chi connectivity index (χ2n) is 7.76. The van der Waals surface area contributed by atoms with Gasteiger partial charge < -0.3 is 16.0 Å². The summed E-state index contributed by atoms with van der Waals surface area (Å²) in [6.45, 7) is 12.4. The Morgan fingerprint density at radius 3 is 2.44 bits per heavy atom. The first-order chi connectivity index (χ1) is 12.8. The van der Waals surface area contributed by atoms with Gasteiger partial charge in [0.1, 0.15) is 5.01 Å². The summed E-state index contributed by atoms with van der Waals surface area (Å²) in [6.07, 6.45) is 0. The molecule has 0 spiro atoms. The zero-order chi connectivity index (χ0) is 19.9. The topological polar surface area (TPSA) is 61.3 Å². The maximum Gasteiger partial charge on any atom is 0.191 e. The predicted molar refractivity (Wildman–Crippen MR) is 116 cm³/mol. The summed E-state index contributed by atoms with van der Waals surface area (Å²) in [4.78, 5) is 8.99. The smallest absolute Gasteiger partial charge is 0.191 e. The first-order valence-electron chi connectivity index (χ1n) is 9.52. The van der Waals surface area contributed by atoms with E-state index in [-0.39, 0.29) is 11.6 Å². The Labute approximate surface area is 167 Å². The van der Waals surface area contributed by atoms with E-state index in [1.807, 2.05) is 6.07 Å². The van der Waals surface area contributed by atoms with E-state index in [4.69, 9.17) is 0 Å². The lowest BCUT2D eigenvalue weighted by atomic mass is 10.0. The maximum absolute atomic E-state index is 4.66. The van der Waals surface area contributed by atoms with Crippen molar-refractivity contribution in [2.45, 2.75) is 58.7 Å². The number of hydrogen-bond donors (Lipinski definition) is 3. The number of benzene rings is 1. The molecule has 0 bridgehead atoms. The summed E-state index contributed by atoms with van der Waals surface area (Å²) >= 11 is 1.69. The Morgan fingerprint density at radius 1 is 1.15 bits per heavy atom. The minimum Gasteiger partial charge on any atom is -0.355 e. The van der Waals surface area contributed by atoms with Crippen LogP contribution in [0.15, 0.2) is 40.7 Å². The molecule has 0 amide bonds. The molecular weight excluding hydrogens is 354 g/mol. The van der Waals surface area contributed by atoms with Crippen molar-refractivity contribution in [2.24, 2.45) is 4.99 Å². The Bertz CT molecular complexity index is 721. The summed E-state index contributed by atoms with van der Waals surface area (Å²) < 4.78 is 0. The number of hydrogen-bond acceptors (Lipinski definition) is 4. The molecule has 1 atom stereocenters. The van der Waals surface area contributed by atoms with Crippen molar-refractivity contribution in [1.29, 1.82) is 0 Å². The van der Waals surface area contributed by atoms with Crippen molar-refractivity contribution in [2.75, 3.05) is 13.6 Å². The fourth-order valence-electron chi connectivity index (χ4n) is 2.82. The highest BCUT2D eigenvalue weighted by Crippen LogP contribution is 2.18. The molecule has 27 heavy (non-hydrogen) atoms. The fraction of sp³-hybridized carbons (Fsp3) is 0.524. The lowest BCUT2D eigenvalue weighted by Gasteiger charge is -2.31. The lowest BCUT2D eigenvalue weighted by Crippen LogP contribution is -2.52. The Morgan fingerprint density at radius 2 is 1.85 bits per heavy atom. The summed E-state index contributed by atoms with van der Waals surface area (Å²) in [5, 5.41) is 13.7. The van der Waals surface area contributed by atoms with Crippen molar-refractivity contribution in [3.63, 3.8) is 0 Å². The van der Waals surface area contributed by atoms with Gasteiger partial charge in [-0.1, -0.05) is 44.2 Å². The van der Waals surface area contributed by atoms with Gasteiger partial charge in [0.15, 0.2) is 5.96 Å². The number of aromatic nitrogens is 1. The van der Waals surface area contributed by atoms with Crippen LogP contribution in [0.3, 0.4) is 0 Å². The second kappa shape index (κ2) is 9.85. The van der Waals surface area contributed by atoms with Crippen molar-refractivity contribution in [1.82, 2.24) is 20.9 Å². The third-order valence-corrected chi connectivity index (χ3v) is 5.26. The third kappa shape index (κ3) is 6.96. The highest BCUT2D eigenvalue weighted by molar-refractivity contribution is 7.09. The second-order valence-corrected chi connectivity index (χ2v) is 8.70. The number of aliphatic imine (C=N–C) groups is 1. The van der Waals surface area contributed by atoms with Gasteiger partial charge in [-0.25, -0.2) is 4.98 Å². The average Bonchev–Trinajstić information content (AvgIpc) is 3.11. The molecule has 3 N–H and O–H groups in total. The third-order valence-electron chi connectivity index (χ3n) is 4.40. The number of nitrogens with zero attached hydrogens (tertiary/aromatic N) is 2. The zero-order valence-corrected chi connectivity index (χ0v) is 18.2. The number of nitrogens with one attached hydrogen (secondary N) is 3. The molecule has 6 heteroatoms. The van der Waals surface area contributed by atoms with Crippen LogP contribution >= 0.6 is 11.3 Å². The summed E-state index contributed by atoms with van der Waals surface area (Å²) in [6, 6.07) is 10.8. The van der Waals surface area contributed by atoms with Crippen LogP contribution in [0.5, 0.6) is 0 Å². The fourth-order valence-corrected chi connectivity index (χ4v) is 3.71. The van der Waals surface area contributed by atoms with Crippen LogP contribution in [0.4, 0.5) is 0 Å². The van der Waals surface area contributed by atoms with E-state index in [1.54, 1.807) is 18.4 Å². The molecule has 0 aliphatic rings. The molecule has 0 aliphatic carbocycles. The van der Waals surface area contributed by atoms with E-state index in [1.165, 1.54) is 5.56 Å². The minimum absolute atomic E-state index is 0.0845. The Balaban J connectivity index is 1.82. The van der Waals surface area contributed by atoms with Gasteiger partial charge in [-0.05, 0) is 32.3 Å². The summed E-state index contributed by atoms with van der Waals surface area (Å²) in [5.74, 6) is 1.25. The minimum atomic E-state index is -0.0845. The summed E-state index contributed by atoms with van der Waals surface area (Å²) in [5.41, 5.74) is 2.36.